The Balaban J connectivity index is 1.97. The molecule has 156 valence electrons. The molecule has 2 unspecified atom stereocenters. The number of fused-ring (bicyclic) bond motifs is 1. The van der Waals surface area contributed by atoms with Crippen molar-refractivity contribution < 1.29 is 23.6 Å². The van der Waals surface area contributed by atoms with E-state index < -0.39 is 28.2 Å². The number of esters is 1. The molecule has 0 saturated carbocycles. The van der Waals surface area contributed by atoms with E-state index in [9.17, 15) is 9.35 Å². The van der Waals surface area contributed by atoms with Crippen LogP contribution in [0.4, 0.5) is 0 Å². The topological polar surface area (TPSA) is 93.1 Å². The average Bonchev–Trinajstić information content (AvgIpc) is 3.17. The molecule has 0 aliphatic carbocycles. The van der Waals surface area contributed by atoms with Crippen LogP contribution in [0.3, 0.4) is 0 Å². The third kappa shape index (κ3) is 4.91. The highest BCUT2D eigenvalue weighted by Gasteiger charge is 2.33. The molecule has 0 fully saturated rings. The molecule has 1 aromatic heterocycles. The number of methoxy groups -OCH3 is 1. The molecule has 2 heterocycles. The van der Waals surface area contributed by atoms with Gasteiger partial charge in [-0.25, -0.2) is 9.78 Å². The molecule has 0 N–H and O–H groups in total. The van der Waals surface area contributed by atoms with Crippen molar-refractivity contribution in [1.82, 2.24) is 4.98 Å². The van der Waals surface area contributed by atoms with Crippen molar-refractivity contribution >= 4 is 34.4 Å². The fourth-order valence-corrected chi connectivity index (χ4v) is 4.10. The average molecular weight is 437 g/mol. The predicted molar refractivity (Wildman–Crippen MR) is 113 cm³/mol. The van der Waals surface area contributed by atoms with Crippen LogP contribution < -0.4 is 9.47 Å². The number of thiazole rings is 1. The molecule has 0 amide bonds. The third-order valence-corrected chi connectivity index (χ3v) is 6.52. The highest BCUT2D eigenvalue weighted by molar-refractivity contribution is 7.91. The highest BCUT2D eigenvalue weighted by atomic mass is 32.2. The van der Waals surface area contributed by atoms with E-state index in [2.05, 4.69) is 9.38 Å². The van der Waals surface area contributed by atoms with Crippen molar-refractivity contribution in [2.45, 2.75) is 45.0 Å². The van der Waals surface area contributed by atoms with Crippen LogP contribution >= 0.6 is 11.3 Å². The van der Waals surface area contributed by atoms with Crippen molar-refractivity contribution in [3.8, 4) is 11.5 Å². The maximum atomic E-state index is 12.7. The summed E-state index contributed by atoms with van der Waals surface area (Å²) < 4.78 is 33.1. The Kier molecular flexibility index (Phi) is 6.50. The summed E-state index contributed by atoms with van der Waals surface area (Å²) in [5.74, 6) is 0.765. The number of benzene rings is 1. The maximum Gasteiger partial charge on any atom is 0.357 e. The number of carbonyl (C=O) groups is 1. The minimum absolute atomic E-state index is 0.253. The van der Waals surface area contributed by atoms with E-state index in [1.54, 1.807) is 25.5 Å². The van der Waals surface area contributed by atoms with Crippen molar-refractivity contribution in [2.24, 2.45) is 4.40 Å². The molecule has 3 rings (SSSR count). The quantitative estimate of drug-likeness (QED) is 0.517. The summed E-state index contributed by atoms with van der Waals surface area (Å²) in [6.45, 7) is 7.67. The van der Waals surface area contributed by atoms with Crippen molar-refractivity contribution in [2.75, 3.05) is 13.7 Å². The highest BCUT2D eigenvalue weighted by Crippen LogP contribution is 2.39. The molecule has 0 bridgehead atoms. The lowest BCUT2D eigenvalue weighted by Gasteiger charge is -2.27. The molecular formula is C20H24N2O5S2. The van der Waals surface area contributed by atoms with Gasteiger partial charge in [0.15, 0.2) is 11.8 Å². The second kappa shape index (κ2) is 8.73. The molecule has 0 radical (unpaired) electrons. The number of rotatable bonds is 5. The van der Waals surface area contributed by atoms with Gasteiger partial charge in [0, 0.05) is 23.4 Å². The van der Waals surface area contributed by atoms with Crippen LogP contribution in [-0.2, 0) is 16.1 Å². The van der Waals surface area contributed by atoms with Gasteiger partial charge >= 0.3 is 5.97 Å². The van der Waals surface area contributed by atoms with E-state index in [0.717, 1.165) is 5.56 Å². The number of carbonyl (C=O) groups excluding carboxylic acids is 1. The fraction of sp³-hybridized carbons (Fsp3) is 0.450. The van der Waals surface area contributed by atoms with E-state index in [4.69, 9.17) is 14.2 Å². The van der Waals surface area contributed by atoms with Gasteiger partial charge in [-0.2, -0.15) is 0 Å². The second-order valence-electron chi connectivity index (χ2n) is 7.36. The summed E-state index contributed by atoms with van der Waals surface area (Å²) in [6, 6.07) is 5.45. The Hall–Kier alpha value is -2.10. The largest absolute Gasteiger partial charge is 0.591 e. The molecule has 29 heavy (non-hydrogen) atoms. The second-order valence-corrected chi connectivity index (χ2v) is 10.2. The molecule has 1 aliphatic rings. The summed E-state index contributed by atoms with van der Waals surface area (Å²) in [5.41, 5.74) is 1.71. The lowest BCUT2D eigenvalue weighted by molar-refractivity contribution is 0.0519. The van der Waals surface area contributed by atoms with Gasteiger partial charge in [0.1, 0.15) is 38.3 Å². The molecule has 9 heteroatoms. The first-order valence-electron chi connectivity index (χ1n) is 9.20. The number of nitrogens with zero attached hydrogens (tertiary/aromatic N) is 2. The smallest absolute Gasteiger partial charge is 0.357 e. The molecule has 1 aromatic carbocycles. The van der Waals surface area contributed by atoms with Gasteiger partial charge in [-0.1, -0.05) is 4.40 Å². The van der Waals surface area contributed by atoms with Crippen LogP contribution in [-0.4, -0.2) is 39.7 Å². The van der Waals surface area contributed by atoms with E-state index in [0.29, 0.717) is 28.6 Å². The maximum absolute atomic E-state index is 12.7. The molecule has 0 saturated heterocycles. The number of hydrogen-bond donors (Lipinski definition) is 0. The molecule has 0 spiro atoms. The summed E-state index contributed by atoms with van der Waals surface area (Å²) >= 11 is -0.0931. The SMILES string of the molecule is CCOC(=O)c1csc(C2CC(=N[S+]([O-])C(C)(C)C)c3ccc(OC)cc3O2)n1. The normalized spacial score (nSPS) is 18.7. The van der Waals surface area contributed by atoms with Crippen molar-refractivity contribution in [1.29, 1.82) is 0 Å². The minimum atomic E-state index is -1.42. The van der Waals surface area contributed by atoms with E-state index in [1.165, 1.54) is 11.3 Å². The summed E-state index contributed by atoms with van der Waals surface area (Å²) in [5, 5.41) is 2.29. The first-order chi connectivity index (χ1) is 13.7. The van der Waals surface area contributed by atoms with Gasteiger partial charge in [0.25, 0.3) is 0 Å². The molecule has 7 nitrogen and oxygen atoms in total. The lowest BCUT2D eigenvalue weighted by atomic mass is 10.00. The number of hydrogen-bond acceptors (Lipinski definition) is 8. The Bertz CT molecular complexity index is 920. The van der Waals surface area contributed by atoms with Crippen LogP contribution in [0, 0.1) is 0 Å². The third-order valence-electron chi connectivity index (χ3n) is 4.15. The van der Waals surface area contributed by atoms with Gasteiger partial charge < -0.3 is 18.8 Å². The summed E-state index contributed by atoms with van der Waals surface area (Å²) in [6.07, 6.45) is -0.0461. The van der Waals surface area contributed by atoms with Gasteiger partial charge in [0.2, 0.25) is 0 Å². The van der Waals surface area contributed by atoms with E-state index in [1.807, 2.05) is 32.9 Å². The van der Waals surface area contributed by atoms with Gasteiger partial charge in [-0.15, -0.1) is 11.3 Å². The predicted octanol–water partition coefficient (Wildman–Crippen LogP) is 4.10. The van der Waals surface area contributed by atoms with Gasteiger partial charge in [-0.3, -0.25) is 0 Å². The molecule has 1 aliphatic heterocycles. The summed E-state index contributed by atoms with van der Waals surface area (Å²) in [7, 11) is 1.58. The van der Waals surface area contributed by atoms with Crippen molar-refractivity contribution in [3.05, 3.63) is 39.8 Å². The zero-order chi connectivity index (χ0) is 21.2. The van der Waals surface area contributed by atoms with Gasteiger partial charge in [-0.05, 0) is 39.8 Å². The molecular weight excluding hydrogens is 412 g/mol. The zero-order valence-corrected chi connectivity index (χ0v) is 18.7. The Morgan fingerprint density at radius 3 is 2.86 bits per heavy atom. The van der Waals surface area contributed by atoms with E-state index in [-0.39, 0.29) is 12.3 Å². The van der Waals surface area contributed by atoms with Crippen LogP contribution in [0.5, 0.6) is 11.5 Å². The number of aromatic nitrogens is 1. The van der Waals surface area contributed by atoms with Crippen LogP contribution in [0.25, 0.3) is 0 Å². The van der Waals surface area contributed by atoms with Crippen LogP contribution in [0.1, 0.15) is 61.3 Å². The van der Waals surface area contributed by atoms with Crippen LogP contribution in [0.2, 0.25) is 0 Å². The molecule has 2 atom stereocenters. The fourth-order valence-electron chi connectivity index (χ4n) is 2.64. The zero-order valence-electron chi connectivity index (χ0n) is 17.1. The first-order valence-corrected chi connectivity index (χ1v) is 11.2. The van der Waals surface area contributed by atoms with Gasteiger partial charge in [0.05, 0.1) is 13.7 Å². The molecule has 2 aromatic rings. The monoisotopic (exact) mass is 436 g/mol. The first kappa shape index (κ1) is 21.6. The Morgan fingerprint density at radius 1 is 1.45 bits per heavy atom. The Labute approximate surface area is 177 Å². The van der Waals surface area contributed by atoms with Crippen LogP contribution in [0.15, 0.2) is 28.0 Å². The lowest BCUT2D eigenvalue weighted by Crippen LogP contribution is -2.29. The standard InChI is InChI=1S/C20H24N2O5S2/c1-6-26-19(23)15-11-28-18(21-15)17-10-14(22-29(24)20(2,3)4)13-8-7-12(25-5)9-16(13)27-17/h7-9,11,17H,6,10H2,1-5H3. The van der Waals surface area contributed by atoms with Crippen molar-refractivity contribution in [3.63, 3.8) is 0 Å². The van der Waals surface area contributed by atoms with E-state index >= 15 is 0 Å². The number of ether oxygens (including phenoxy) is 3. The summed E-state index contributed by atoms with van der Waals surface area (Å²) in [4.78, 5) is 16.3. The Morgan fingerprint density at radius 2 is 2.21 bits per heavy atom. The minimum Gasteiger partial charge on any atom is -0.591 e.